The van der Waals surface area contributed by atoms with Crippen LogP contribution in [-0.4, -0.2) is 79.6 Å². The summed E-state index contributed by atoms with van der Waals surface area (Å²) in [6.45, 7) is 7.49. The van der Waals surface area contributed by atoms with E-state index in [9.17, 15) is 37.5 Å². The van der Waals surface area contributed by atoms with Crippen LogP contribution in [0.4, 0.5) is 24.5 Å². The number of nitrogens with zero attached hydrogens (tertiary/aromatic N) is 6. The number of imide groups is 1. The summed E-state index contributed by atoms with van der Waals surface area (Å²) >= 11 is 1.53. The van der Waals surface area contributed by atoms with Crippen molar-refractivity contribution >= 4 is 61.7 Å². The Morgan fingerprint density at radius 2 is 1.69 bits per heavy atom. The summed E-state index contributed by atoms with van der Waals surface area (Å²) in [6, 6.07) is 11.7. The fourth-order valence-electron chi connectivity index (χ4n) is 8.71. The van der Waals surface area contributed by atoms with Crippen molar-refractivity contribution in [2.24, 2.45) is 13.0 Å². The lowest BCUT2D eigenvalue weighted by Crippen LogP contribution is -2.48. The van der Waals surface area contributed by atoms with Crippen LogP contribution >= 0.6 is 11.3 Å². The molecule has 2 saturated heterocycles. The van der Waals surface area contributed by atoms with Crippen LogP contribution in [0.1, 0.15) is 91.1 Å². The van der Waals surface area contributed by atoms with Crippen molar-refractivity contribution in [3.8, 4) is 0 Å². The minimum Gasteiger partial charge on any atom is -0.386 e. The quantitative estimate of drug-likeness (QED) is 0.162. The fourth-order valence-corrected chi connectivity index (χ4v) is 9.87. The largest absolute Gasteiger partial charge is 0.433 e. The number of hydrogen-bond donors (Lipinski definition) is 3. The molecule has 8 rings (SSSR count). The molecule has 1 atom stereocenters. The molecule has 5 heterocycles. The van der Waals surface area contributed by atoms with Gasteiger partial charge in [-0.15, -0.1) is 11.3 Å². The Morgan fingerprint density at radius 3 is 2.38 bits per heavy atom. The lowest BCUT2D eigenvalue weighted by molar-refractivity contribution is -0.141. The Hall–Kier alpha value is -5.13. The van der Waals surface area contributed by atoms with E-state index in [1.165, 1.54) is 22.0 Å². The molecule has 0 spiro atoms. The number of carbonyl (C=O) groups is 3. The number of halogens is 3. The van der Waals surface area contributed by atoms with E-state index in [1.807, 2.05) is 18.2 Å². The monoisotopic (exact) mass is 818 g/mol. The first-order chi connectivity index (χ1) is 27.5. The van der Waals surface area contributed by atoms with Crippen molar-refractivity contribution in [2.45, 2.75) is 76.1 Å². The minimum absolute atomic E-state index is 0.191. The van der Waals surface area contributed by atoms with Crippen LogP contribution in [0.2, 0.25) is 0 Å². The van der Waals surface area contributed by atoms with Gasteiger partial charge in [0.1, 0.15) is 17.4 Å². The van der Waals surface area contributed by atoms with E-state index in [4.69, 9.17) is 4.98 Å². The predicted octanol–water partition coefficient (Wildman–Crippen LogP) is 5.92. The number of fused-ring (bicyclic) bond motifs is 2. The first-order valence-corrected chi connectivity index (χ1v) is 20.4. The Bertz CT molecular complexity index is 2470. The first kappa shape index (κ1) is 39.7. The van der Waals surface area contributed by atoms with Crippen molar-refractivity contribution in [1.29, 1.82) is 0 Å². The number of hydrogen-bond acceptors (Lipinski definition) is 10. The molecule has 17 heteroatoms. The average molecular weight is 819 g/mol. The molecule has 0 bridgehead atoms. The van der Waals surface area contributed by atoms with Crippen molar-refractivity contribution in [2.75, 3.05) is 42.9 Å². The zero-order valence-corrected chi connectivity index (χ0v) is 33.3. The summed E-state index contributed by atoms with van der Waals surface area (Å²) in [7, 11) is 1.73. The second-order valence-electron chi connectivity index (χ2n) is 16.2. The van der Waals surface area contributed by atoms with Gasteiger partial charge in [-0.3, -0.25) is 33.7 Å². The first-order valence-electron chi connectivity index (χ1n) is 19.6. The van der Waals surface area contributed by atoms with Crippen LogP contribution in [0.25, 0.3) is 21.3 Å². The Balaban J connectivity index is 0.897. The standard InChI is InChI=1S/C41H45F3N8O5S/c1-40(2,57)25-20-28-32(21-27(25)46-36(54)26-6-4-9-33(45-26)41(42,43)44)58-38(47-28)24-12-10-23(11-13-24)22-50-16-18-51(19-17-50)29-7-5-8-30-35(29)49(3)39(56)52(30)31-14-15-34(53)48-37(31)55/h4-9,20-21,23-24,31,57H,10-19,22H2,1-3H3,(H,46,54)(H,48,53,55). The number of benzene rings is 2. The maximum Gasteiger partial charge on any atom is 0.433 e. The number of amides is 3. The second kappa shape index (κ2) is 15.2. The van der Waals surface area contributed by atoms with Gasteiger partial charge in [-0.25, -0.2) is 14.8 Å². The van der Waals surface area contributed by atoms with Crippen molar-refractivity contribution in [3.05, 3.63) is 81.0 Å². The van der Waals surface area contributed by atoms with Crippen LogP contribution in [0.5, 0.6) is 0 Å². The summed E-state index contributed by atoms with van der Waals surface area (Å²) < 4.78 is 43.7. The molecule has 1 saturated carbocycles. The number of imidazole rings is 1. The zero-order valence-electron chi connectivity index (χ0n) is 32.4. The van der Waals surface area contributed by atoms with Crippen LogP contribution in [0.15, 0.2) is 53.3 Å². The molecule has 58 heavy (non-hydrogen) atoms. The smallest absolute Gasteiger partial charge is 0.386 e. The molecule has 3 fully saturated rings. The molecule has 13 nitrogen and oxygen atoms in total. The molecule has 3 amide bonds. The highest BCUT2D eigenvalue weighted by atomic mass is 32.1. The predicted molar refractivity (Wildman–Crippen MR) is 214 cm³/mol. The number of nitrogens with one attached hydrogen (secondary N) is 2. The van der Waals surface area contributed by atoms with Gasteiger partial charge in [0.2, 0.25) is 11.8 Å². The molecular formula is C41H45F3N8O5S. The SMILES string of the molecule is Cn1c(=O)n(C2CCC(=O)NC2=O)c2cccc(N3CCN(CC4CCC(c5nc6cc(C(C)(C)O)c(NC(=O)c7cccc(C(F)(F)F)n7)cc6s5)CC4)CC3)c21. The number of aryl methyl sites for hydroxylation is 1. The number of piperidine rings is 1. The molecule has 3 aliphatic rings. The number of aromatic nitrogens is 4. The third-order valence-corrected chi connectivity index (χ3v) is 12.9. The van der Waals surface area contributed by atoms with Gasteiger partial charge in [0, 0.05) is 63.4 Å². The number of thiazole rings is 1. The molecule has 1 aliphatic carbocycles. The van der Waals surface area contributed by atoms with Gasteiger partial charge >= 0.3 is 11.9 Å². The molecule has 306 valence electrons. The Morgan fingerprint density at radius 1 is 0.966 bits per heavy atom. The number of pyridine rings is 1. The minimum atomic E-state index is -4.69. The van der Waals surface area contributed by atoms with Crippen molar-refractivity contribution in [1.82, 2.24) is 29.3 Å². The van der Waals surface area contributed by atoms with E-state index in [1.54, 1.807) is 37.6 Å². The zero-order chi connectivity index (χ0) is 41.1. The summed E-state index contributed by atoms with van der Waals surface area (Å²) in [6.07, 6.45) is -0.152. The second-order valence-corrected chi connectivity index (χ2v) is 17.2. The number of para-hydroxylation sites is 1. The van der Waals surface area contributed by atoms with Gasteiger partial charge in [0.25, 0.3) is 5.91 Å². The number of carbonyl (C=O) groups excluding carboxylic acids is 3. The third-order valence-electron chi connectivity index (χ3n) is 11.8. The van der Waals surface area contributed by atoms with Crippen LogP contribution in [0.3, 0.4) is 0 Å². The van der Waals surface area contributed by atoms with Gasteiger partial charge in [0.05, 0.1) is 37.5 Å². The fraction of sp³-hybridized carbons (Fsp3) is 0.463. The highest BCUT2D eigenvalue weighted by molar-refractivity contribution is 7.18. The summed E-state index contributed by atoms with van der Waals surface area (Å²) in [4.78, 5) is 64.3. The van der Waals surface area contributed by atoms with Gasteiger partial charge in [-0.05, 0) is 88.3 Å². The molecule has 1 unspecified atom stereocenters. The molecule has 2 aliphatic heterocycles. The topological polar surface area (TPSA) is 155 Å². The Labute approximate surface area is 335 Å². The van der Waals surface area contributed by atoms with E-state index in [0.717, 1.165) is 91.5 Å². The molecule has 3 N–H and O–H groups in total. The Kier molecular flexibility index (Phi) is 10.4. The molecule has 3 aromatic heterocycles. The van der Waals surface area contributed by atoms with Gasteiger partial charge in [-0.1, -0.05) is 12.1 Å². The number of alkyl halides is 3. The molecule has 2 aromatic carbocycles. The third kappa shape index (κ3) is 7.74. The van der Waals surface area contributed by atoms with E-state index in [2.05, 4.69) is 25.4 Å². The van der Waals surface area contributed by atoms with Crippen molar-refractivity contribution < 1.29 is 32.7 Å². The summed E-state index contributed by atoms with van der Waals surface area (Å²) in [5, 5.41) is 17.0. The van der Waals surface area contributed by atoms with Crippen molar-refractivity contribution in [3.63, 3.8) is 0 Å². The number of rotatable bonds is 8. The molecule has 5 aromatic rings. The highest BCUT2D eigenvalue weighted by Crippen LogP contribution is 2.42. The summed E-state index contributed by atoms with van der Waals surface area (Å²) in [5.74, 6) is -0.776. The lowest BCUT2D eigenvalue weighted by Gasteiger charge is -2.39. The van der Waals surface area contributed by atoms with Gasteiger partial charge < -0.3 is 15.3 Å². The normalized spacial score (nSPS) is 21.2. The van der Waals surface area contributed by atoms with E-state index < -0.39 is 35.3 Å². The molecule has 0 radical (unpaired) electrons. The summed E-state index contributed by atoms with van der Waals surface area (Å²) in [5.41, 5.74) is 0.593. The molecular weight excluding hydrogens is 774 g/mol. The van der Waals surface area contributed by atoms with E-state index in [-0.39, 0.29) is 41.7 Å². The number of anilines is 2. The van der Waals surface area contributed by atoms with Gasteiger partial charge in [0.15, 0.2) is 0 Å². The maximum atomic E-state index is 13.4. The van der Waals surface area contributed by atoms with Crippen LogP contribution in [0, 0.1) is 5.92 Å². The number of piperazine rings is 1. The van der Waals surface area contributed by atoms with Gasteiger partial charge in [-0.2, -0.15) is 13.2 Å². The number of aliphatic hydroxyl groups is 1. The van der Waals surface area contributed by atoms with Crippen LogP contribution in [-0.2, 0) is 28.4 Å². The lowest BCUT2D eigenvalue weighted by atomic mass is 9.82. The maximum absolute atomic E-state index is 13.4. The van der Waals surface area contributed by atoms with E-state index in [0.29, 0.717) is 22.5 Å². The van der Waals surface area contributed by atoms with Crippen LogP contribution < -0.4 is 21.2 Å². The van der Waals surface area contributed by atoms with E-state index >= 15 is 0 Å². The average Bonchev–Trinajstić information content (AvgIpc) is 3.72. The highest BCUT2D eigenvalue weighted by Gasteiger charge is 2.35.